The largest absolute Gasteiger partial charge is 0.573 e. The fraction of sp³-hybridized carbons (Fsp3) is 0.227. The molecule has 1 aromatic heterocycles. The summed E-state index contributed by atoms with van der Waals surface area (Å²) in [6, 6.07) is 16.7. The van der Waals surface area contributed by atoms with Gasteiger partial charge in [0.05, 0.1) is 5.56 Å². The van der Waals surface area contributed by atoms with Gasteiger partial charge < -0.3 is 14.6 Å². The van der Waals surface area contributed by atoms with E-state index in [1.54, 1.807) is 11.8 Å². The van der Waals surface area contributed by atoms with Crippen LogP contribution in [0.4, 0.5) is 18.9 Å². The van der Waals surface area contributed by atoms with Crippen molar-refractivity contribution in [3.05, 3.63) is 71.9 Å². The van der Waals surface area contributed by atoms with E-state index in [0.717, 1.165) is 41.4 Å². The fourth-order valence-corrected chi connectivity index (χ4v) is 3.50. The highest BCUT2D eigenvalue weighted by Crippen LogP contribution is 2.28. The molecular weight excluding hydrogens is 413 g/mol. The van der Waals surface area contributed by atoms with Gasteiger partial charge in [-0.25, -0.2) is 0 Å². The van der Waals surface area contributed by atoms with Crippen LogP contribution in [0, 0.1) is 6.92 Å². The minimum Gasteiger partial charge on any atom is -0.406 e. The number of benzene rings is 2. The van der Waals surface area contributed by atoms with E-state index in [9.17, 15) is 18.0 Å². The Kier molecular flexibility index (Phi) is 6.77. The SMILES string of the molecule is CSCCn1c(-c2ccccc2)cc(C(=O)Nc2ccc(OC(F)(F)F)cc2)c1C. The van der Waals surface area contributed by atoms with E-state index >= 15 is 0 Å². The lowest BCUT2D eigenvalue weighted by atomic mass is 10.1. The third-order valence-electron chi connectivity index (χ3n) is 4.55. The molecule has 0 bridgehead atoms. The average molecular weight is 434 g/mol. The van der Waals surface area contributed by atoms with E-state index in [0.29, 0.717) is 11.3 Å². The monoisotopic (exact) mass is 434 g/mol. The molecule has 3 aromatic rings. The van der Waals surface area contributed by atoms with Gasteiger partial charge in [0.1, 0.15) is 5.75 Å². The van der Waals surface area contributed by atoms with E-state index < -0.39 is 6.36 Å². The lowest BCUT2D eigenvalue weighted by molar-refractivity contribution is -0.274. The van der Waals surface area contributed by atoms with Gasteiger partial charge in [0, 0.05) is 29.4 Å². The van der Waals surface area contributed by atoms with E-state index in [4.69, 9.17) is 0 Å². The summed E-state index contributed by atoms with van der Waals surface area (Å²) in [4.78, 5) is 12.9. The zero-order valence-electron chi connectivity index (χ0n) is 16.5. The summed E-state index contributed by atoms with van der Waals surface area (Å²) < 4.78 is 42.8. The van der Waals surface area contributed by atoms with E-state index in [1.165, 1.54) is 12.1 Å². The molecule has 158 valence electrons. The number of alkyl halides is 3. The van der Waals surface area contributed by atoms with Crippen LogP contribution in [0.25, 0.3) is 11.3 Å². The summed E-state index contributed by atoms with van der Waals surface area (Å²) in [7, 11) is 0. The Hall–Kier alpha value is -2.87. The highest BCUT2D eigenvalue weighted by atomic mass is 32.2. The number of amides is 1. The van der Waals surface area contributed by atoms with Crippen molar-refractivity contribution in [2.45, 2.75) is 19.8 Å². The molecule has 30 heavy (non-hydrogen) atoms. The molecule has 0 atom stereocenters. The zero-order valence-corrected chi connectivity index (χ0v) is 17.3. The van der Waals surface area contributed by atoms with Crippen molar-refractivity contribution in [2.24, 2.45) is 0 Å². The molecule has 0 radical (unpaired) electrons. The molecule has 4 nitrogen and oxygen atoms in total. The number of thioether (sulfide) groups is 1. The molecule has 0 saturated heterocycles. The minimum absolute atomic E-state index is 0.322. The maximum atomic E-state index is 12.9. The number of nitrogens with zero attached hydrogens (tertiary/aromatic N) is 1. The third kappa shape index (κ3) is 5.38. The number of hydrogen-bond donors (Lipinski definition) is 1. The van der Waals surface area contributed by atoms with Gasteiger partial charge in [0.25, 0.3) is 5.91 Å². The Morgan fingerprint density at radius 2 is 1.77 bits per heavy atom. The van der Waals surface area contributed by atoms with Gasteiger partial charge in [0.15, 0.2) is 0 Å². The maximum Gasteiger partial charge on any atom is 0.573 e. The number of carbonyl (C=O) groups is 1. The van der Waals surface area contributed by atoms with Crippen LogP contribution in [-0.2, 0) is 6.54 Å². The Balaban J connectivity index is 1.84. The van der Waals surface area contributed by atoms with Crippen LogP contribution >= 0.6 is 11.8 Å². The molecule has 1 heterocycles. The first-order valence-electron chi connectivity index (χ1n) is 9.20. The number of carbonyl (C=O) groups excluding carboxylic acids is 1. The van der Waals surface area contributed by atoms with Crippen molar-refractivity contribution in [3.8, 4) is 17.0 Å². The molecular formula is C22H21F3N2O2S. The summed E-state index contributed by atoms with van der Waals surface area (Å²) in [6.45, 7) is 2.65. The average Bonchev–Trinajstić information content (AvgIpc) is 3.04. The molecule has 0 aliphatic rings. The number of rotatable bonds is 7. The molecule has 1 N–H and O–H groups in total. The van der Waals surface area contributed by atoms with Crippen LogP contribution in [0.5, 0.6) is 5.75 Å². The summed E-state index contributed by atoms with van der Waals surface area (Å²) in [5.41, 5.74) is 3.69. The molecule has 0 aliphatic carbocycles. The van der Waals surface area contributed by atoms with Gasteiger partial charge in [-0.3, -0.25) is 4.79 Å². The molecule has 2 aromatic carbocycles. The molecule has 0 fully saturated rings. The van der Waals surface area contributed by atoms with Crippen LogP contribution in [-0.4, -0.2) is 28.8 Å². The molecule has 0 aliphatic heterocycles. The van der Waals surface area contributed by atoms with E-state index in [2.05, 4.69) is 14.6 Å². The summed E-state index contributed by atoms with van der Waals surface area (Å²) in [5, 5.41) is 2.74. The molecule has 0 saturated carbocycles. The maximum absolute atomic E-state index is 12.9. The van der Waals surface area contributed by atoms with Gasteiger partial charge in [-0.15, -0.1) is 13.2 Å². The van der Waals surface area contributed by atoms with Crippen LogP contribution < -0.4 is 10.1 Å². The first kappa shape index (κ1) is 21.8. The number of aromatic nitrogens is 1. The van der Waals surface area contributed by atoms with Gasteiger partial charge in [-0.05, 0) is 49.1 Å². The number of nitrogens with one attached hydrogen (secondary N) is 1. The first-order valence-corrected chi connectivity index (χ1v) is 10.6. The van der Waals surface area contributed by atoms with Crippen molar-refractivity contribution < 1.29 is 22.7 Å². The van der Waals surface area contributed by atoms with E-state index in [1.807, 2.05) is 49.6 Å². The van der Waals surface area contributed by atoms with Gasteiger partial charge >= 0.3 is 6.36 Å². The Morgan fingerprint density at radius 3 is 2.37 bits per heavy atom. The topological polar surface area (TPSA) is 43.3 Å². The van der Waals surface area contributed by atoms with Crippen molar-refractivity contribution in [1.29, 1.82) is 0 Å². The minimum atomic E-state index is -4.75. The van der Waals surface area contributed by atoms with Crippen LogP contribution in [0.3, 0.4) is 0 Å². The quantitative estimate of drug-likeness (QED) is 0.498. The molecule has 1 amide bonds. The van der Waals surface area contributed by atoms with Gasteiger partial charge in [-0.2, -0.15) is 11.8 Å². The zero-order chi connectivity index (χ0) is 21.7. The second kappa shape index (κ2) is 9.30. The Morgan fingerprint density at radius 1 is 1.10 bits per heavy atom. The second-order valence-corrected chi connectivity index (χ2v) is 7.55. The Labute approximate surface area is 177 Å². The standard InChI is InChI=1S/C22H21F3N2O2S/c1-15-19(14-20(27(15)12-13-30-2)16-6-4-3-5-7-16)21(28)26-17-8-10-18(11-9-17)29-22(23,24)25/h3-11,14H,12-13H2,1-2H3,(H,26,28). The number of halogens is 3. The highest BCUT2D eigenvalue weighted by molar-refractivity contribution is 7.98. The summed E-state index contributed by atoms with van der Waals surface area (Å²) >= 11 is 1.72. The predicted molar refractivity (Wildman–Crippen MR) is 114 cm³/mol. The number of anilines is 1. The van der Waals surface area contributed by atoms with Crippen molar-refractivity contribution >= 4 is 23.4 Å². The van der Waals surface area contributed by atoms with Crippen molar-refractivity contribution in [3.63, 3.8) is 0 Å². The fourth-order valence-electron chi connectivity index (χ4n) is 3.13. The lowest BCUT2D eigenvalue weighted by Crippen LogP contribution is -2.17. The van der Waals surface area contributed by atoms with Crippen LogP contribution in [0.15, 0.2) is 60.7 Å². The van der Waals surface area contributed by atoms with Crippen molar-refractivity contribution in [1.82, 2.24) is 4.57 Å². The highest BCUT2D eigenvalue weighted by Gasteiger charge is 2.31. The smallest absolute Gasteiger partial charge is 0.406 e. The number of hydrogen-bond acceptors (Lipinski definition) is 3. The Bertz CT molecular complexity index is 1000. The lowest BCUT2D eigenvalue weighted by Gasteiger charge is -2.12. The van der Waals surface area contributed by atoms with Gasteiger partial charge in [-0.1, -0.05) is 30.3 Å². The molecule has 0 unspecified atom stereocenters. The van der Waals surface area contributed by atoms with Gasteiger partial charge in [0.2, 0.25) is 0 Å². The molecule has 0 spiro atoms. The van der Waals surface area contributed by atoms with Crippen LogP contribution in [0.2, 0.25) is 0 Å². The number of ether oxygens (including phenoxy) is 1. The molecule has 3 rings (SSSR count). The predicted octanol–water partition coefficient (Wildman–Crippen LogP) is 5.98. The third-order valence-corrected chi connectivity index (χ3v) is 5.14. The van der Waals surface area contributed by atoms with Crippen molar-refractivity contribution in [2.75, 3.05) is 17.3 Å². The normalized spacial score (nSPS) is 11.4. The van der Waals surface area contributed by atoms with Crippen LogP contribution in [0.1, 0.15) is 16.1 Å². The molecule has 8 heteroatoms. The summed E-state index contributed by atoms with van der Waals surface area (Å²) in [5.74, 6) is 0.236. The second-order valence-electron chi connectivity index (χ2n) is 6.57. The summed E-state index contributed by atoms with van der Waals surface area (Å²) in [6.07, 6.45) is -2.73. The first-order chi connectivity index (χ1) is 14.3. The van der Waals surface area contributed by atoms with E-state index in [-0.39, 0.29) is 11.7 Å².